The van der Waals surface area contributed by atoms with E-state index in [0.717, 1.165) is 19.3 Å². The largest absolute Gasteiger partial charge is 0.481 e. The molecule has 0 amide bonds. The van der Waals surface area contributed by atoms with Crippen LogP contribution in [-0.4, -0.2) is 36.2 Å². The summed E-state index contributed by atoms with van der Waals surface area (Å²) >= 11 is 0. The van der Waals surface area contributed by atoms with Gasteiger partial charge in [-0.1, -0.05) is 6.58 Å². The Morgan fingerprint density at radius 3 is 2.24 bits per heavy atom. The summed E-state index contributed by atoms with van der Waals surface area (Å²) in [5, 5.41) is 9.23. The van der Waals surface area contributed by atoms with Gasteiger partial charge >= 0.3 is 17.9 Å². The van der Waals surface area contributed by atoms with Gasteiger partial charge in [-0.15, -0.1) is 0 Å². The van der Waals surface area contributed by atoms with Crippen LogP contribution >= 0.6 is 0 Å². The maximum Gasteiger partial charge on any atom is 0.366 e. The van der Waals surface area contributed by atoms with E-state index in [-0.39, 0.29) is 25.0 Å². The van der Waals surface area contributed by atoms with Gasteiger partial charge in [0.25, 0.3) is 0 Å². The van der Waals surface area contributed by atoms with Gasteiger partial charge in [-0.2, -0.15) is 4.39 Å². The summed E-state index contributed by atoms with van der Waals surface area (Å²) < 4.78 is 21.7. The Morgan fingerprint density at radius 2 is 1.67 bits per heavy atom. The Hall–Kier alpha value is -1.92. The number of hydrogen-bond acceptors (Lipinski definition) is 5. The lowest BCUT2D eigenvalue weighted by Crippen LogP contribution is -2.36. The topological polar surface area (TPSA) is 89.9 Å². The van der Waals surface area contributed by atoms with Crippen molar-refractivity contribution in [1.82, 2.24) is 0 Å². The van der Waals surface area contributed by atoms with E-state index in [9.17, 15) is 23.9 Å². The van der Waals surface area contributed by atoms with Crippen molar-refractivity contribution in [2.24, 2.45) is 23.7 Å². The molecule has 0 spiro atoms. The van der Waals surface area contributed by atoms with Crippen molar-refractivity contribution in [3.8, 4) is 0 Å². The fraction of sp³-hybridized carbons (Fsp3) is 0.643. The average Bonchev–Trinajstić information content (AvgIpc) is 3.03. The van der Waals surface area contributed by atoms with Crippen molar-refractivity contribution >= 4 is 17.9 Å². The highest BCUT2D eigenvalue weighted by atomic mass is 19.1. The Bertz CT molecular complexity index is 474. The third-order valence-corrected chi connectivity index (χ3v) is 4.26. The summed E-state index contributed by atoms with van der Waals surface area (Å²) in [6.07, 6.45) is 2.42. The molecule has 0 aliphatic heterocycles. The zero-order chi connectivity index (χ0) is 15.6. The maximum atomic E-state index is 12.3. The number of carboxylic acid groups (broad SMARTS) is 1. The molecule has 6 nitrogen and oxygen atoms in total. The molecule has 21 heavy (non-hydrogen) atoms. The van der Waals surface area contributed by atoms with Crippen LogP contribution < -0.4 is 0 Å². The molecular weight excluding hydrogens is 283 g/mol. The Balaban J connectivity index is 1.82. The summed E-state index contributed by atoms with van der Waals surface area (Å²) in [7, 11) is 0. The number of halogens is 1. The monoisotopic (exact) mass is 300 g/mol. The van der Waals surface area contributed by atoms with Gasteiger partial charge in [0.2, 0.25) is 5.83 Å². The van der Waals surface area contributed by atoms with E-state index < -0.39 is 35.6 Å². The van der Waals surface area contributed by atoms with Crippen LogP contribution in [0, 0.1) is 23.7 Å². The number of aliphatic carboxylic acids is 1. The highest BCUT2D eigenvalue weighted by Gasteiger charge is 2.54. The van der Waals surface area contributed by atoms with E-state index in [2.05, 4.69) is 11.3 Å². The van der Waals surface area contributed by atoms with Crippen LogP contribution in [0.4, 0.5) is 4.39 Å². The van der Waals surface area contributed by atoms with Crippen molar-refractivity contribution in [2.75, 3.05) is 13.2 Å². The van der Waals surface area contributed by atoms with Crippen molar-refractivity contribution in [3.05, 3.63) is 12.4 Å². The minimum atomic E-state index is -1.22. The molecule has 116 valence electrons. The van der Waals surface area contributed by atoms with E-state index in [1.54, 1.807) is 0 Å². The molecule has 0 heterocycles. The quantitative estimate of drug-likeness (QED) is 0.452. The van der Waals surface area contributed by atoms with Gasteiger partial charge in [0.05, 0.1) is 11.8 Å². The Morgan fingerprint density at radius 1 is 1.10 bits per heavy atom. The minimum Gasteiger partial charge on any atom is -0.481 e. The average molecular weight is 300 g/mol. The SMILES string of the molecule is C=C(F)C(=O)OCCOC(=O)C1C2CCC(C2)C1C(=O)O. The third kappa shape index (κ3) is 3.22. The van der Waals surface area contributed by atoms with Crippen molar-refractivity contribution in [2.45, 2.75) is 19.3 Å². The van der Waals surface area contributed by atoms with Crippen LogP contribution in [-0.2, 0) is 23.9 Å². The number of carbonyl (C=O) groups excluding carboxylic acids is 2. The van der Waals surface area contributed by atoms with Crippen LogP contribution in [0.2, 0.25) is 0 Å². The van der Waals surface area contributed by atoms with Crippen LogP contribution in [0.5, 0.6) is 0 Å². The van der Waals surface area contributed by atoms with Crippen LogP contribution in [0.25, 0.3) is 0 Å². The molecule has 4 unspecified atom stereocenters. The second-order valence-corrected chi connectivity index (χ2v) is 5.43. The molecule has 0 aromatic carbocycles. The molecule has 2 bridgehead atoms. The molecule has 4 atom stereocenters. The molecule has 2 rings (SSSR count). The molecule has 0 radical (unpaired) electrons. The lowest BCUT2D eigenvalue weighted by Gasteiger charge is -2.26. The van der Waals surface area contributed by atoms with Gasteiger partial charge < -0.3 is 14.6 Å². The van der Waals surface area contributed by atoms with Gasteiger partial charge in [0.1, 0.15) is 13.2 Å². The van der Waals surface area contributed by atoms with E-state index in [0.29, 0.717) is 0 Å². The highest BCUT2D eigenvalue weighted by molar-refractivity contribution is 5.85. The molecule has 2 saturated carbocycles. The van der Waals surface area contributed by atoms with Gasteiger partial charge in [-0.05, 0) is 31.1 Å². The number of hydrogen-bond donors (Lipinski definition) is 1. The fourth-order valence-electron chi connectivity index (χ4n) is 3.44. The fourth-order valence-corrected chi connectivity index (χ4v) is 3.44. The first-order valence-electron chi connectivity index (χ1n) is 6.82. The molecule has 0 saturated heterocycles. The van der Waals surface area contributed by atoms with Crippen molar-refractivity contribution in [3.63, 3.8) is 0 Å². The van der Waals surface area contributed by atoms with E-state index in [4.69, 9.17) is 4.74 Å². The molecule has 2 aliphatic carbocycles. The molecule has 7 heteroatoms. The zero-order valence-electron chi connectivity index (χ0n) is 11.4. The standard InChI is InChI=1S/C14H17FO6/c1-7(15)13(18)20-4-5-21-14(19)11-9-3-2-8(6-9)10(11)12(16)17/h8-11H,1-6H2,(H,16,17). The lowest BCUT2D eigenvalue weighted by atomic mass is 9.79. The third-order valence-electron chi connectivity index (χ3n) is 4.26. The van der Waals surface area contributed by atoms with Crippen LogP contribution in [0.15, 0.2) is 12.4 Å². The smallest absolute Gasteiger partial charge is 0.366 e. The number of ether oxygens (including phenoxy) is 2. The van der Waals surface area contributed by atoms with Crippen LogP contribution in [0.1, 0.15) is 19.3 Å². The maximum absolute atomic E-state index is 12.3. The second-order valence-electron chi connectivity index (χ2n) is 5.43. The van der Waals surface area contributed by atoms with Crippen LogP contribution in [0.3, 0.4) is 0 Å². The summed E-state index contributed by atoms with van der Waals surface area (Å²) in [5.74, 6) is -5.20. The molecular formula is C14H17FO6. The first-order chi connectivity index (χ1) is 9.91. The highest BCUT2D eigenvalue weighted by Crippen LogP contribution is 2.52. The van der Waals surface area contributed by atoms with Gasteiger partial charge in [-0.25, -0.2) is 4.79 Å². The summed E-state index contributed by atoms with van der Waals surface area (Å²) in [4.78, 5) is 34.1. The molecule has 2 aliphatic rings. The van der Waals surface area contributed by atoms with Crippen molar-refractivity contribution < 1.29 is 33.4 Å². The minimum absolute atomic E-state index is 0.0396. The first kappa shape index (κ1) is 15.5. The Kier molecular flexibility index (Phi) is 4.59. The van der Waals surface area contributed by atoms with Gasteiger partial charge in [0.15, 0.2) is 0 Å². The molecule has 0 aromatic heterocycles. The van der Waals surface area contributed by atoms with Crippen molar-refractivity contribution in [1.29, 1.82) is 0 Å². The molecule has 1 N–H and O–H groups in total. The molecule has 0 aromatic rings. The van der Waals surface area contributed by atoms with E-state index >= 15 is 0 Å². The van der Waals surface area contributed by atoms with E-state index in [1.165, 1.54) is 0 Å². The van der Waals surface area contributed by atoms with E-state index in [1.807, 2.05) is 0 Å². The van der Waals surface area contributed by atoms with Gasteiger partial charge in [0, 0.05) is 0 Å². The summed E-state index contributed by atoms with van der Waals surface area (Å²) in [6.45, 7) is 2.26. The molecule has 2 fully saturated rings. The number of carbonyl (C=O) groups is 3. The predicted molar refractivity (Wildman–Crippen MR) is 67.6 cm³/mol. The summed E-state index contributed by atoms with van der Waals surface area (Å²) in [6, 6.07) is 0. The first-order valence-corrected chi connectivity index (χ1v) is 6.82. The van der Waals surface area contributed by atoms with Gasteiger partial charge in [-0.3, -0.25) is 9.59 Å². The second kappa shape index (κ2) is 6.24. The normalized spacial score (nSPS) is 30.0. The number of carboxylic acids is 1. The number of rotatable bonds is 6. The number of esters is 2. The Labute approximate surface area is 120 Å². The zero-order valence-corrected chi connectivity index (χ0v) is 11.4. The number of fused-ring (bicyclic) bond motifs is 2. The summed E-state index contributed by atoms with van der Waals surface area (Å²) in [5.41, 5.74) is 0. The predicted octanol–water partition coefficient (Wildman–Crippen LogP) is 1.30. The lowest BCUT2D eigenvalue weighted by molar-refractivity contribution is -0.162.